The van der Waals surface area contributed by atoms with Crippen LogP contribution in [0.25, 0.3) is 22.2 Å². The molecule has 11 heteroatoms. The van der Waals surface area contributed by atoms with Crippen molar-refractivity contribution in [3.8, 4) is 17.0 Å². The maximum absolute atomic E-state index is 13.3. The number of amides is 1. The van der Waals surface area contributed by atoms with Gasteiger partial charge in [-0.05, 0) is 42.5 Å². The highest BCUT2D eigenvalue weighted by atomic mass is 19.4. The number of aromatic nitrogens is 1. The third kappa shape index (κ3) is 4.36. The van der Waals surface area contributed by atoms with Gasteiger partial charge >= 0.3 is 24.2 Å². The van der Waals surface area contributed by atoms with Gasteiger partial charge in [0.05, 0.1) is 12.5 Å². The van der Waals surface area contributed by atoms with Crippen molar-refractivity contribution in [2.24, 2.45) is 0 Å². The van der Waals surface area contributed by atoms with Crippen molar-refractivity contribution in [3.05, 3.63) is 54.6 Å². The number of anilines is 1. The van der Waals surface area contributed by atoms with E-state index in [1.165, 1.54) is 49.6 Å². The molecule has 32 heavy (non-hydrogen) atoms. The molecule has 1 aromatic heterocycles. The van der Waals surface area contributed by atoms with Gasteiger partial charge in [-0.2, -0.15) is 26.3 Å². The summed E-state index contributed by atoms with van der Waals surface area (Å²) in [6, 6.07) is 11.6. The van der Waals surface area contributed by atoms with Crippen molar-refractivity contribution in [1.82, 2.24) is 0 Å². The van der Waals surface area contributed by atoms with Crippen molar-refractivity contribution in [1.29, 1.82) is 0 Å². The minimum absolute atomic E-state index is 0.0425. The van der Waals surface area contributed by atoms with Gasteiger partial charge < -0.3 is 9.64 Å². The van der Waals surface area contributed by atoms with Gasteiger partial charge in [-0.1, -0.05) is 0 Å². The van der Waals surface area contributed by atoms with Crippen molar-refractivity contribution < 1.29 is 45.2 Å². The minimum atomic E-state index is -5.19. The summed E-state index contributed by atoms with van der Waals surface area (Å²) >= 11 is 0. The van der Waals surface area contributed by atoms with E-state index < -0.39 is 24.2 Å². The lowest BCUT2D eigenvalue weighted by molar-refractivity contribution is -0.548. The fourth-order valence-electron chi connectivity index (χ4n) is 3.10. The predicted octanol–water partition coefficient (Wildman–Crippen LogP) is 4.53. The number of carbonyl (C=O) groups is 2. The Balaban J connectivity index is 2.14. The number of benzene rings is 2. The lowest BCUT2D eigenvalue weighted by Crippen LogP contribution is -2.52. The minimum Gasteiger partial charge on any atom is -0.497 e. The highest BCUT2D eigenvalue weighted by Crippen LogP contribution is 2.28. The Bertz CT molecular complexity index is 1190. The molecule has 0 N–H and O–H groups in total. The average Bonchev–Trinajstić information content (AvgIpc) is 2.75. The smallest absolute Gasteiger partial charge is 0.497 e. The Morgan fingerprint density at radius 3 is 2.03 bits per heavy atom. The molecule has 0 aliphatic rings. The van der Waals surface area contributed by atoms with Gasteiger partial charge in [-0.25, -0.2) is 4.79 Å². The molecule has 0 atom stereocenters. The molecule has 0 aliphatic carbocycles. The first kappa shape index (κ1) is 23.0. The van der Waals surface area contributed by atoms with Crippen molar-refractivity contribution in [3.63, 3.8) is 0 Å². The van der Waals surface area contributed by atoms with Crippen LogP contribution in [-0.4, -0.2) is 38.3 Å². The quantitative estimate of drug-likeness (QED) is 0.429. The van der Waals surface area contributed by atoms with E-state index >= 15 is 0 Å². The SMILES string of the molecule is COc1ccc2c(ccc(-c3ccc(N(C)C(=O)C(F)(F)F)cc3)[n+]2C(=O)C(F)(F)F)c1. The summed E-state index contributed by atoms with van der Waals surface area (Å²) < 4.78 is 83.4. The van der Waals surface area contributed by atoms with E-state index in [9.17, 15) is 35.9 Å². The number of carbonyl (C=O) groups excluding carboxylic acids is 2. The molecule has 1 amide bonds. The van der Waals surface area contributed by atoms with E-state index in [1.54, 1.807) is 0 Å². The second-order valence-electron chi connectivity index (χ2n) is 6.69. The number of hydrogen-bond donors (Lipinski definition) is 0. The number of hydrogen-bond acceptors (Lipinski definition) is 3. The zero-order chi connectivity index (χ0) is 23.8. The summed E-state index contributed by atoms with van der Waals surface area (Å²) in [6.07, 6.45) is -10.3. The van der Waals surface area contributed by atoms with E-state index in [0.29, 0.717) is 20.6 Å². The fraction of sp³-hybridized carbons (Fsp3) is 0.190. The monoisotopic (exact) mass is 457 g/mol. The maximum atomic E-state index is 13.3. The number of methoxy groups -OCH3 is 1. The first-order valence-electron chi connectivity index (χ1n) is 8.94. The molecule has 0 aliphatic heterocycles. The molecule has 0 unspecified atom stereocenters. The largest absolute Gasteiger partial charge is 0.521 e. The number of fused-ring (bicyclic) bond motifs is 1. The molecule has 0 radical (unpaired) electrons. The Morgan fingerprint density at radius 2 is 1.50 bits per heavy atom. The molecule has 5 nitrogen and oxygen atoms in total. The van der Waals surface area contributed by atoms with Gasteiger partial charge in [-0.15, -0.1) is 4.57 Å². The molecule has 0 spiro atoms. The first-order chi connectivity index (χ1) is 14.8. The molecule has 3 aromatic rings. The van der Waals surface area contributed by atoms with Crippen molar-refractivity contribution in [2.45, 2.75) is 12.4 Å². The number of ether oxygens (including phenoxy) is 1. The molecular weight excluding hydrogens is 442 g/mol. The second kappa shape index (κ2) is 8.13. The summed E-state index contributed by atoms with van der Waals surface area (Å²) in [5.74, 6) is -3.87. The van der Waals surface area contributed by atoms with Gasteiger partial charge in [0.15, 0.2) is 0 Å². The lowest BCUT2D eigenvalue weighted by atomic mass is 10.1. The molecule has 168 valence electrons. The molecule has 0 saturated carbocycles. The fourth-order valence-corrected chi connectivity index (χ4v) is 3.10. The van der Waals surface area contributed by atoms with E-state index in [4.69, 9.17) is 4.74 Å². The van der Waals surface area contributed by atoms with E-state index in [2.05, 4.69) is 0 Å². The first-order valence-corrected chi connectivity index (χ1v) is 8.94. The van der Waals surface area contributed by atoms with Gasteiger partial charge in [0.1, 0.15) is 5.75 Å². The highest BCUT2D eigenvalue weighted by Gasteiger charge is 2.49. The molecule has 0 saturated heterocycles. The van der Waals surface area contributed by atoms with Gasteiger partial charge in [-0.3, -0.25) is 4.79 Å². The topological polar surface area (TPSA) is 50.5 Å². The van der Waals surface area contributed by atoms with Crippen LogP contribution in [0.1, 0.15) is 4.79 Å². The Morgan fingerprint density at radius 1 is 0.875 bits per heavy atom. The standard InChI is InChI=1S/C21H15F6N2O3/c1-28(18(30)20(22,23)24)14-6-3-12(4-7-14)16-9-5-13-11-15(32-2)8-10-17(13)29(16)19(31)21(25,26)27/h3-11H,1-2H3/q+1. The van der Waals surface area contributed by atoms with Crippen LogP contribution in [0.3, 0.4) is 0 Å². The third-order valence-corrected chi connectivity index (χ3v) is 4.68. The molecule has 1 heterocycles. The van der Waals surface area contributed by atoms with Gasteiger partial charge in [0.2, 0.25) is 11.2 Å². The summed E-state index contributed by atoms with van der Waals surface area (Å²) in [5.41, 5.74) is -0.187. The van der Waals surface area contributed by atoms with Crippen LogP contribution < -0.4 is 14.2 Å². The Hall–Kier alpha value is -3.63. The second-order valence-corrected chi connectivity index (χ2v) is 6.69. The Labute approximate surface area is 177 Å². The number of pyridine rings is 1. The van der Waals surface area contributed by atoms with E-state index in [0.717, 1.165) is 19.2 Å². The van der Waals surface area contributed by atoms with Crippen LogP contribution in [-0.2, 0) is 4.79 Å². The number of rotatable bonds is 3. The molecule has 0 bridgehead atoms. The average molecular weight is 457 g/mol. The van der Waals surface area contributed by atoms with Crippen molar-refractivity contribution in [2.75, 3.05) is 19.1 Å². The van der Waals surface area contributed by atoms with Gasteiger partial charge in [0.25, 0.3) is 0 Å². The van der Waals surface area contributed by atoms with E-state index in [1.807, 2.05) is 0 Å². The molecule has 0 fully saturated rings. The zero-order valence-corrected chi connectivity index (χ0v) is 16.6. The number of nitrogens with zero attached hydrogens (tertiary/aromatic N) is 2. The predicted molar refractivity (Wildman–Crippen MR) is 102 cm³/mol. The van der Waals surface area contributed by atoms with Crippen LogP contribution in [0.5, 0.6) is 5.75 Å². The van der Waals surface area contributed by atoms with Crippen LogP contribution in [0.2, 0.25) is 0 Å². The number of alkyl halides is 6. The summed E-state index contributed by atoms with van der Waals surface area (Å²) in [5, 5.41) is 0.304. The zero-order valence-electron chi connectivity index (χ0n) is 16.6. The van der Waals surface area contributed by atoms with Crippen LogP contribution in [0, 0.1) is 0 Å². The molecule has 2 aromatic carbocycles. The Kier molecular flexibility index (Phi) is 5.86. The summed E-state index contributed by atoms with van der Waals surface area (Å²) in [7, 11) is 2.30. The molecular formula is C21H15F6N2O3+. The van der Waals surface area contributed by atoms with Crippen molar-refractivity contribution >= 4 is 28.4 Å². The third-order valence-electron chi connectivity index (χ3n) is 4.68. The van der Waals surface area contributed by atoms with Crippen LogP contribution in [0.15, 0.2) is 54.6 Å². The maximum Gasteiger partial charge on any atom is 0.521 e. The van der Waals surface area contributed by atoms with E-state index in [-0.39, 0.29) is 22.5 Å². The highest BCUT2D eigenvalue weighted by molar-refractivity contribution is 5.97. The lowest BCUT2D eigenvalue weighted by Gasteiger charge is -2.18. The molecule has 3 rings (SSSR count). The summed E-state index contributed by atoms with van der Waals surface area (Å²) in [4.78, 5) is 24.0. The van der Waals surface area contributed by atoms with Crippen LogP contribution in [0.4, 0.5) is 32.0 Å². The summed E-state index contributed by atoms with van der Waals surface area (Å²) in [6.45, 7) is 0. The van der Waals surface area contributed by atoms with Crippen LogP contribution >= 0.6 is 0 Å². The number of halogens is 6. The normalized spacial score (nSPS) is 12.0. The van der Waals surface area contributed by atoms with Gasteiger partial charge in [0, 0.05) is 30.4 Å².